The van der Waals surface area contributed by atoms with Crippen molar-refractivity contribution in [2.75, 3.05) is 4.90 Å². The highest BCUT2D eigenvalue weighted by molar-refractivity contribution is 6.10. The van der Waals surface area contributed by atoms with Gasteiger partial charge in [-0.15, -0.1) is 0 Å². The zero-order valence-electron chi connectivity index (χ0n) is 38.3. The Balaban J connectivity index is 0.944. The van der Waals surface area contributed by atoms with Crippen molar-refractivity contribution in [3.63, 3.8) is 0 Å². The quantitative estimate of drug-likeness (QED) is 0.148. The maximum absolute atomic E-state index is 2.43. The molecular weight excluding hydrogens is 847 g/mol. The third-order valence-electron chi connectivity index (χ3n) is 14.8. The van der Waals surface area contributed by atoms with E-state index in [1.54, 1.807) is 0 Å². The van der Waals surface area contributed by atoms with Gasteiger partial charge in [0.05, 0.1) is 27.5 Å². The summed E-state index contributed by atoms with van der Waals surface area (Å²) in [5.74, 6) is 0. The summed E-state index contributed by atoms with van der Waals surface area (Å²) in [6.07, 6.45) is 0. The summed E-state index contributed by atoms with van der Waals surface area (Å²) in [5, 5.41) is 5.01. The Morgan fingerprint density at radius 1 is 0.271 bits per heavy atom. The molecule has 0 N–H and O–H groups in total. The Bertz CT molecular complexity index is 3980. The number of fused-ring (bicyclic) bond motifs is 9. The van der Waals surface area contributed by atoms with E-state index in [-0.39, 0.29) is 0 Å². The third-order valence-corrected chi connectivity index (χ3v) is 14.8. The number of benzene rings is 11. The molecule has 0 bridgehead atoms. The maximum atomic E-state index is 2.43. The van der Waals surface area contributed by atoms with Crippen LogP contribution in [0.3, 0.4) is 0 Å². The van der Waals surface area contributed by atoms with Crippen LogP contribution >= 0.6 is 0 Å². The highest BCUT2D eigenvalue weighted by atomic mass is 15.1. The van der Waals surface area contributed by atoms with Gasteiger partial charge in [-0.05, 0) is 123 Å². The van der Waals surface area contributed by atoms with Crippen LogP contribution in [0, 0.1) is 0 Å². The zero-order chi connectivity index (χ0) is 46.2. The maximum Gasteiger partial charge on any atom is 0.0713 e. The van der Waals surface area contributed by atoms with Gasteiger partial charge in [-0.2, -0.15) is 0 Å². The van der Waals surface area contributed by atoms with Crippen LogP contribution in [0.15, 0.2) is 273 Å². The molecule has 0 saturated heterocycles. The van der Waals surface area contributed by atoms with Crippen LogP contribution in [0.4, 0.5) is 17.1 Å². The summed E-state index contributed by atoms with van der Waals surface area (Å²) in [7, 11) is 0. The number of nitrogens with zero attached hydrogens (tertiary/aromatic N) is 3. The molecule has 11 aromatic carbocycles. The van der Waals surface area contributed by atoms with E-state index in [9.17, 15) is 0 Å². The smallest absolute Gasteiger partial charge is 0.0713 e. The predicted octanol–water partition coefficient (Wildman–Crippen LogP) is 17.4. The van der Waals surface area contributed by atoms with Gasteiger partial charge in [-0.25, -0.2) is 0 Å². The fourth-order valence-electron chi connectivity index (χ4n) is 11.8. The van der Waals surface area contributed by atoms with E-state index in [0.29, 0.717) is 0 Å². The van der Waals surface area contributed by atoms with Gasteiger partial charge in [0.1, 0.15) is 0 Å². The lowest BCUT2D eigenvalue weighted by molar-refractivity contribution is 0.768. The van der Waals surface area contributed by atoms with Crippen molar-refractivity contribution in [1.82, 2.24) is 9.13 Å². The summed E-state index contributed by atoms with van der Waals surface area (Å²) in [5.41, 5.74) is 19.7. The first-order chi connectivity index (χ1) is 34.7. The molecule has 2 aromatic heterocycles. The van der Waals surface area contributed by atoms with E-state index in [1.807, 2.05) is 0 Å². The molecule has 328 valence electrons. The van der Waals surface area contributed by atoms with Crippen LogP contribution in [0.25, 0.3) is 77.2 Å². The number of aromatic nitrogens is 2. The fourth-order valence-corrected chi connectivity index (χ4v) is 11.8. The van der Waals surface area contributed by atoms with E-state index in [2.05, 4.69) is 287 Å². The van der Waals surface area contributed by atoms with Crippen molar-refractivity contribution in [1.29, 1.82) is 0 Å². The molecule has 0 unspecified atom stereocenters. The van der Waals surface area contributed by atoms with E-state index in [0.717, 1.165) is 39.6 Å². The molecule has 0 fully saturated rings. The van der Waals surface area contributed by atoms with Crippen LogP contribution in [0.2, 0.25) is 0 Å². The van der Waals surface area contributed by atoms with Gasteiger partial charge in [0.2, 0.25) is 0 Å². The minimum atomic E-state index is -0.482. The molecule has 0 aliphatic heterocycles. The Labute approximate surface area is 407 Å². The van der Waals surface area contributed by atoms with Gasteiger partial charge in [0.25, 0.3) is 0 Å². The summed E-state index contributed by atoms with van der Waals surface area (Å²) >= 11 is 0. The van der Waals surface area contributed by atoms with Gasteiger partial charge >= 0.3 is 0 Å². The summed E-state index contributed by atoms with van der Waals surface area (Å²) < 4.78 is 4.80. The Kier molecular flexibility index (Phi) is 9.11. The minimum absolute atomic E-state index is 0.482. The summed E-state index contributed by atoms with van der Waals surface area (Å²) in [4.78, 5) is 2.43. The van der Waals surface area contributed by atoms with Crippen LogP contribution in [-0.2, 0) is 5.41 Å². The Morgan fingerprint density at radius 2 is 0.714 bits per heavy atom. The average molecular weight is 892 g/mol. The lowest BCUT2D eigenvalue weighted by atomic mass is 9.68. The second kappa shape index (κ2) is 16.0. The van der Waals surface area contributed by atoms with Crippen molar-refractivity contribution >= 4 is 60.7 Å². The first kappa shape index (κ1) is 39.9. The van der Waals surface area contributed by atoms with E-state index < -0.39 is 5.41 Å². The molecule has 1 aliphatic carbocycles. The first-order valence-electron chi connectivity index (χ1n) is 24.2. The molecule has 2 heterocycles. The first-order valence-corrected chi connectivity index (χ1v) is 24.2. The molecule has 3 heteroatoms. The van der Waals surface area contributed by atoms with Crippen LogP contribution in [0.1, 0.15) is 22.3 Å². The van der Waals surface area contributed by atoms with Crippen LogP contribution in [-0.4, -0.2) is 9.13 Å². The molecular formula is C67H45N3. The normalized spacial score (nSPS) is 12.7. The van der Waals surface area contributed by atoms with E-state index >= 15 is 0 Å². The lowest BCUT2D eigenvalue weighted by Gasteiger charge is -2.34. The zero-order valence-corrected chi connectivity index (χ0v) is 38.3. The molecule has 0 radical (unpaired) electrons. The van der Waals surface area contributed by atoms with Gasteiger partial charge in [-0.1, -0.05) is 194 Å². The fraction of sp³-hybridized carbons (Fsp3) is 0.0149. The number of anilines is 3. The topological polar surface area (TPSA) is 13.1 Å². The standard InChI is InChI=1S/C67H45N3/c1-3-20-48(21-4-1)67(49-22-5-2-6-23-49)61-32-12-7-27-55(61)60-45-54(41-42-62(60)67)68(52-25-18-26-53(44-52)70-65-35-15-10-30-58(65)59-31-11-16-36-66(59)70)50-39-37-46(38-40-50)47-19-17-24-51(43-47)69-63-33-13-8-28-56(63)57-29-9-14-34-64(57)69/h1-45H. The van der Waals surface area contributed by atoms with Crippen molar-refractivity contribution in [3.8, 4) is 33.6 Å². The second-order valence-corrected chi connectivity index (χ2v) is 18.4. The predicted molar refractivity (Wildman–Crippen MR) is 293 cm³/mol. The van der Waals surface area contributed by atoms with E-state index in [1.165, 1.54) is 77.0 Å². The number of rotatable bonds is 8. The number of hydrogen-bond acceptors (Lipinski definition) is 1. The third kappa shape index (κ3) is 6.01. The van der Waals surface area contributed by atoms with Gasteiger partial charge < -0.3 is 14.0 Å². The van der Waals surface area contributed by atoms with Crippen LogP contribution in [0.5, 0.6) is 0 Å². The van der Waals surface area contributed by atoms with Crippen molar-refractivity contribution in [2.24, 2.45) is 0 Å². The highest BCUT2D eigenvalue weighted by Crippen LogP contribution is 2.57. The molecule has 3 nitrogen and oxygen atoms in total. The average Bonchev–Trinajstić information content (AvgIpc) is 4.06. The van der Waals surface area contributed by atoms with Gasteiger partial charge in [-0.3, -0.25) is 0 Å². The SMILES string of the molecule is c1ccc(C2(c3ccccc3)c3ccccc3-c3cc(N(c4ccc(-c5cccc(-n6c7ccccc7c7ccccc76)c5)cc4)c4cccc(-n5c6ccccc6c6ccccc65)c4)ccc32)cc1. The molecule has 0 saturated carbocycles. The molecule has 70 heavy (non-hydrogen) atoms. The highest BCUT2D eigenvalue weighted by Gasteiger charge is 2.46. The monoisotopic (exact) mass is 891 g/mol. The van der Waals surface area contributed by atoms with Crippen molar-refractivity contribution < 1.29 is 0 Å². The minimum Gasteiger partial charge on any atom is -0.310 e. The number of hydrogen-bond donors (Lipinski definition) is 0. The largest absolute Gasteiger partial charge is 0.310 e. The lowest BCUT2D eigenvalue weighted by Crippen LogP contribution is -2.28. The Hall–Kier alpha value is -9.18. The van der Waals surface area contributed by atoms with E-state index in [4.69, 9.17) is 0 Å². The Morgan fingerprint density at radius 3 is 1.29 bits per heavy atom. The molecule has 1 aliphatic rings. The molecule has 13 aromatic rings. The van der Waals surface area contributed by atoms with Gasteiger partial charge in [0, 0.05) is 50.0 Å². The molecule has 14 rings (SSSR count). The summed E-state index contributed by atoms with van der Waals surface area (Å²) in [6.45, 7) is 0. The molecule has 0 amide bonds. The van der Waals surface area contributed by atoms with Gasteiger partial charge in [0.15, 0.2) is 0 Å². The molecule has 0 atom stereocenters. The second-order valence-electron chi connectivity index (χ2n) is 18.4. The van der Waals surface area contributed by atoms with Crippen LogP contribution < -0.4 is 4.90 Å². The number of para-hydroxylation sites is 4. The summed E-state index contributed by atoms with van der Waals surface area (Å²) in [6, 6.07) is 100. The van der Waals surface area contributed by atoms with Crippen molar-refractivity contribution in [2.45, 2.75) is 5.41 Å². The molecule has 0 spiro atoms. The van der Waals surface area contributed by atoms with Crippen molar-refractivity contribution in [3.05, 3.63) is 295 Å².